The predicted octanol–water partition coefficient (Wildman–Crippen LogP) is 2.13. The molecule has 0 aliphatic rings. The lowest BCUT2D eigenvalue weighted by molar-refractivity contribution is 0.0897. The minimum atomic E-state index is 0.138. The molecule has 1 aromatic rings. The Morgan fingerprint density at radius 2 is 2.12 bits per heavy atom. The fourth-order valence-corrected chi connectivity index (χ4v) is 1.28. The third-order valence-electron chi connectivity index (χ3n) is 2.34. The van der Waals surface area contributed by atoms with Crippen LogP contribution in [0.5, 0.6) is 5.75 Å². The molecule has 0 heterocycles. The molecule has 90 valence electrons. The first-order valence-electron chi connectivity index (χ1n) is 5.75. The molecular formula is C13H21NO2. The average Bonchev–Trinajstić information content (AvgIpc) is 2.28. The minimum Gasteiger partial charge on any atom is -0.491 e. The molecule has 0 spiro atoms. The van der Waals surface area contributed by atoms with Crippen LogP contribution in [-0.2, 0) is 4.74 Å². The molecule has 1 atom stereocenters. The van der Waals surface area contributed by atoms with E-state index in [-0.39, 0.29) is 6.04 Å². The molecule has 0 aromatic heterocycles. The number of rotatable bonds is 7. The van der Waals surface area contributed by atoms with Crippen LogP contribution in [0, 0.1) is 6.92 Å². The molecular weight excluding hydrogens is 202 g/mol. The van der Waals surface area contributed by atoms with Gasteiger partial charge in [-0.1, -0.05) is 19.1 Å². The van der Waals surface area contributed by atoms with Crippen LogP contribution in [0.2, 0.25) is 0 Å². The summed E-state index contributed by atoms with van der Waals surface area (Å²) in [5, 5.41) is 0. The van der Waals surface area contributed by atoms with E-state index in [1.807, 2.05) is 31.2 Å². The zero-order valence-electron chi connectivity index (χ0n) is 10.1. The third-order valence-corrected chi connectivity index (χ3v) is 2.34. The predicted molar refractivity (Wildman–Crippen MR) is 65.8 cm³/mol. The summed E-state index contributed by atoms with van der Waals surface area (Å²) in [5.74, 6) is 0.892. The van der Waals surface area contributed by atoms with Crippen molar-refractivity contribution in [3.05, 3.63) is 29.8 Å². The Hall–Kier alpha value is -1.06. The molecule has 1 aromatic carbocycles. The standard InChI is InChI=1S/C13H21NO2/c1-3-12(14)10-15-7-8-16-13-6-4-5-11(2)9-13/h4-6,9,12H,3,7-8,10,14H2,1-2H3. The molecule has 16 heavy (non-hydrogen) atoms. The third kappa shape index (κ3) is 5.14. The summed E-state index contributed by atoms with van der Waals surface area (Å²) in [6.45, 7) is 5.86. The van der Waals surface area contributed by atoms with Crippen molar-refractivity contribution in [3.8, 4) is 5.75 Å². The van der Waals surface area contributed by atoms with Gasteiger partial charge in [0.2, 0.25) is 0 Å². The largest absolute Gasteiger partial charge is 0.491 e. The van der Waals surface area contributed by atoms with E-state index in [9.17, 15) is 0 Å². The molecule has 1 unspecified atom stereocenters. The summed E-state index contributed by atoms with van der Waals surface area (Å²) in [7, 11) is 0. The summed E-state index contributed by atoms with van der Waals surface area (Å²) in [6, 6.07) is 8.13. The van der Waals surface area contributed by atoms with Crippen LogP contribution in [0.1, 0.15) is 18.9 Å². The van der Waals surface area contributed by atoms with Gasteiger partial charge in [-0.15, -0.1) is 0 Å². The van der Waals surface area contributed by atoms with E-state index in [1.54, 1.807) is 0 Å². The van der Waals surface area contributed by atoms with Gasteiger partial charge in [0.25, 0.3) is 0 Å². The number of aryl methyl sites for hydroxylation is 1. The van der Waals surface area contributed by atoms with Crippen molar-refractivity contribution in [1.82, 2.24) is 0 Å². The Bertz CT molecular complexity index is 302. The number of hydrogen-bond acceptors (Lipinski definition) is 3. The fraction of sp³-hybridized carbons (Fsp3) is 0.538. The molecule has 0 fully saturated rings. The van der Waals surface area contributed by atoms with Gasteiger partial charge in [0.1, 0.15) is 12.4 Å². The molecule has 0 aliphatic heterocycles. The Morgan fingerprint density at radius 3 is 2.81 bits per heavy atom. The van der Waals surface area contributed by atoms with Gasteiger partial charge in [-0.3, -0.25) is 0 Å². The first-order valence-corrected chi connectivity index (χ1v) is 5.75. The molecule has 0 bridgehead atoms. The lowest BCUT2D eigenvalue weighted by atomic mass is 10.2. The van der Waals surface area contributed by atoms with Gasteiger partial charge < -0.3 is 15.2 Å². The highest BCUT2D eigenvalue weighted by Gasteiger charge is 1.98. The number of hydrogen-bond donors (Lipinski definition) is 1. The molecule has 3 nitrogen and oxygen atoms in total. The van der Waals surface area contributed by atoms with E-state index in [4.69, 9.17) is 15.2 Å². The quantitative estimate of drug-likeness (QED) is 0.720. The first kappa shape index (κ1) is 13.0. The molecule has 0 amide bonds. The smallest absolute Gasteiger partial charge is 0.119 e. The van der Waals surface area contributed by atoms with Crippen molar-refractivity contribution in [2.24, 2.45) is 5.73 Å². The number of benzene rings is 1. The van der Waals surface area contributed by atoms with Crippen LogP contribution < -0.4 is 10.5 Å². The topological polar surface area (TPSA) is 44.5 Å². The highest BCUT2D eigenvalue weighted by molar-refractivity contribution is 5.27. The maximum Gasteiger partial charge on any atom is 0.119 e. The van der Waals surface area contributed by atoms with Crippen LogP contribution >= 0.6 is 0 Å². The first-order chi connectivity index (χ1) is 7.72. The summed E-state index contributed by atoms with van der Waals surface area (Å²) in [5.41, 5.74) is 6.92. The Labute approximate surface area is 97.6 Å². The Balaban J connectivity index is 2.12. The van der Waals surface area contributed by atoms with Crippen molar-refractivity contribution in [1.29, 1.82) is 0 Å². The summed E-state index contributed by atoms with van der Waals surface area (Å²) >= 11 is 0. The van der Waals surface area contributed by atoms with Gasteiger partial charge in [0.15, 0.2) is 0 Å². The highest BCUT2D eigenvalue weighted by atomic mass is 16.5. The SMILES string of the molecule is CCC(N)COCCOc1cccc(C)c1. The van der Waals surface area contributed by atoms with Crippen molar-refractivity contribution < 1.29 is 9.47 Å². The zero-order chi connectivity index (χ0) is 11.8. The van der Waals surface area contributed by atoms with Gasteiger partial charge in [-0.05, 0) is 31.0 Å². The Kier molecular flexibility index (Phi) is 5.90. The van der Waals surface area contributed by atoms with E-state index in [2.05, 4.69) is 6.92 Å². The van der Waals surface area contributed by atoms with Gasteiger partial charge in [-0.25, -0.2) is 0 Å². The van der Waals surface area contributed by atoms with Crippen molar-refractivity contribution in [3.63, 3.8) is 0 Å². The lowest BCUT2D eigenvalue weighted by Gasteiger charge is -2.10. The van der Waals surface area contributed by atoms with Gasteiger partial charge in [0.05, 0.1) is 13.2 Å². The highest BCUT2D eigenvalue weighted by Crippen LogP contribution is 2.11. The molecule has 2 N–H and O–H groups in total. The van der Waals surface area contributed by atoms with E-state index < -0.39 is 0 Å². The summed E-state index contributed by atoms with van der Waals surface area (Å²) in [6.07, 6.45) is 0.943. The van der Waals surface area contributed by atoms with Crippen LogP contribution in [0.3, 0.4) is 0 Å². The number of nitrogens with two attached hydrogens (primary N) is 1. The van der Waals surface area contributed by atoms with E-state index in [0.29, 0.717) is 19.8 Å². The van der Waals surface area contributed by atoms with Crippen molar-refractivity contribution in [2.75, 3.05) is 19.8 Å². The molecule has 1 rings (SSSR count). The lowest BCUT2D eigenvalue weighted by Crippen LogP contribution is -2.26. The van der Waals surface area contributed by atoms with Gasteiger partial charge in [0, 0.05) is 6.04 Å². The van der Waals surface area contributed by atoms with Crippen LogP contribution in [0.4, 0.5) is 0 Å². The monoisotopic (exact) mass is 223 g/mol. The second-order valence-electron chi connectivity index (χ2n) is 3.91. The molecule has 0 aliphatic carbocycles. The maximum atomic E-state index is 5.72. The van der Waals surface area contributed by atoms with Crippen LogP contribution in [0.15, 0.2) is 24.3 Å². The average molecular weight is 223 g/mol. The normalized spacial score (nSPS) is 12.4. The molecule has 0 saturated carbocycles. The minimum absolute atomic E-state index is 0.138. The zero-order valence-corrected chi connectivity index (χ0v) is 10.1. The van der Waals surface area contributed by atoms with Gasteiger partial charge >= 0.3 is 0 Å². The van der Waals surface area contributed by atoms with E-state index in [0.717, 1.165) is 12.2 Å². The van der Waals surface area contributed by atoms with Crippen LogP contribution in [-0.4, -0.2) is 25.9 Å². The number of ether oxygens (including phenoxy) is 2. The summed E-state index contributed by atoms with van der Waals surface area (Å²) < 4.78 is 10.9. The molecule has 0 radical (unpaired) electrons. The van der Waals surface area contributed by atoms with E-state index >= 15 is 0 Å². The van der Waals surface area contributed by atoms with Crippen molar-refractivity contribution >= 4 is 0 Å². The fourth-order valence-electron chi connectivity index (χ4n) is 1.28. The van der Waals surface area contributed by atoms with Gasteiger partial charge in [-0.2, -0.15) is 0 Å². The molecule has 0 saturated heterocycles. The van der Waals surface area contributed by atoms with E-state index in [1.165, 1.54) is 5.56 Å². The summed E-state index contributed by atoms with van der Waals surface area (Å²) in [4.78, 5) is 0. The Morgan fingerprint density at radius 1 is 1.31 bits per heavy atom. The van der Waals surface area contributed by atoms with Crippen molar-refractivity contribution in [2.45, 2.75) is 26.3 Å². The molecule has 3 heteroatoms. The second kappa shape index (κ2) is 7.25. The maximum absolute atomic E-state index is 5.72. The second-order valence-corrected chi connectivity index (χ2v) is 3.91. The van der Waals surface area contributed by atoms with Crippen LogP contribution in [0.25, 0.3) is 0 Å².